The van der Waals surface area contributed by atoms with Gasteiger partial charge in [-0.25, -0.2) is 4.98 Å². The van der Waals surface area contributed by atoms with Gasteiger partial charge in [-0.1, -0.05) is 23.2 Å². The molecule has 0 spiro atoms. The first-order valence-electron chi connectivity index (χ1n) is 6.47. The number of nitrogens with one attached hydrogen (secondary N) is 2. The van der Waals surface area contributed by atoms with E-state index in [1.54, 1.807) is 37.6 Å². The van der Waals surface area contributed by atoms with E-state index in [2.05, 4.69) is 20.6 Å². The van der Waals surface area contributed by atoms with Crippen molar-refractivity contribution >= 4 is 40.7 Å². The van der Waals surface area contributed by atoms with Crippen LogP contribution in [0.3, 0.4) is 0 Å². The number of rotatable bonds is 7. The number of halogens is 2. The molecule has 0 radical (unpaired) electrons. The van der Waals surface area contributed by atoms with E-state index in [1.807, 2.05) is 0 Å². The largest absolute Gasteiger partial charge is 0.385 e. The van der Waals surface area contributed by atoms with Crippen molar-refractivity contribution in [3.63, 3.8) is 0 Å². The summed E-state index contributed by atoms with van der Waals surface area (Å²) in [4.78, 5) is 8.52. The Morgan fingerprint density at radius 3 is 2.86 bits per heavy atom. The standard InChI is InChI=1S/C14H16Cl2N4O/c1-21-8-2-6-17-14-18-7-5-13(20-14)19-12-4-3-10(15)9-11(12)16/h3-5,7,9H,2,6,8H2,1H3,(H2,17,18,19,20). The predicted octanol–water partition coefficient (Wildman–Crippen LogP) is 3.98. The molecule has 0 atom stereocenters. The van der Waals surface area contributed by atoms with Crippen molar-refractivity contribution < 1.29 is 4.74 Å². The molecule has 0 fully saturated rings. The summed E-state index contributed by atoms with van der Waals surface area (Å²) in [6.45, 7) is 1.45. The Bertz CT molecular complexity index is 595. The summed E-state index contributed by atoms with van der Waals surface area (Å²) in [6.07, 6.45) is 2.57. The normalized spacial score (nSPS) is 10.4. The van der Waals surface area contributed by atoms with E-state index in [1.165, 1.54) is 0 Å². The second-order valence-electron chi connectivity index (χ2n) is 4.29. The Labute approximate surface area is 133 Å². The molecule has 0 saturated carbocycles. The van der Waals surface area contributed by atoms with Crippen LogP contribution in [0, 0.1) is 0 Å². The molecule has 21 heavy (non-hydrogen) atoms. The van der Waals surface area contributed by atoms with Crippen molar-refractivity contribution in [3.8, 4) is 0 Å². The number of anilines is 3. The van der Waals surface area contributed by atoms with E-state index < -0.39 is 0 Å². The maximum atomic E-state index is 6.12. The van der Waals surface area contributed by atoms with Gasteiger partial charge < -0.3 is 15.4 Å². The number of aromatic nitrogens is 2. The zero-order valence-electron chi connectivity index (χ0n) is 11.6. The van der Waals surface area contributed by atoms with Crippen LogP contribution >= 0.6 is 23.2 Å². The van der Waals surface area contributed by atoms with Crippen molar-refractivity contribution in [1.29, 1.82) is 0 Å². The number of hydrogen-bond donors (Lipinski definition) is 2. The Kier molecular flexibility index (Phi) is 6.04. The number of hydrogen-bond acceptors (Lipinski definition) is 5. The maximum Gasteiger partial charge on any atom is 0.224 e. The molecule has 2 rings (SSSR count). The zero-order chi connectivity index (χ0) is 15.1. The quantitative estimate of drug-likeness (QED) is 0.754. The topological polar surface area (TPSA) is 59.1 Å². The van der Waals surface area contributed by atoms with Crippen LogP contribution in [0.25, 0.3) is 0 Å². The molecule has 1 aromatic heterocycles. The number of ether oxygens (including phenoxy) is 1. The van der Waals surface area contributed by atoms with Crippen LogP contribution in [-0.4, -0.2) is 30.2 Å². The molecule has 0 unspecified atom stereocenters. The number of methoxy groups -OCH3 is 1. The SMILES string of the molecule is COCCCNc1nccc(Nc2ccc(Cl)cc2Cl)n1. The van der Waals surface area contributed by atoms with Crippen LogP contribution < -0.4 is 10.6 Å². The lowest BCUT2D eigenvalue weighted by Crippen LogP contribution is -2.08. The Morgan fingerprint density at radius 2 is 2.10 bits per heavy atom. The van der Waals surface area contributed by atoms with Crippen molar-refractivity contribution in [2.24, 2.45) is 0 Å². The van der Waals surface area contributed by atoms with Gasteiger partial charge in [-0.05, 0) is 30.7 Å². The van der Waals surface area contributed by atoms with Gasteiger partial charge >= 0.3 is 0 Å². The van der Waals surface area contributed by atoms with Gasteiger partial charge in [0.2, 0.25) is 5.95 Å². The van der Waals surface area contributed by atoms with E-state index >= 15 is 0 Å². The van der Waals surface area contributed by atoms with Crippen LogP contribution in [0.4, 0.5) is 17.5 Å². The predicted molar refractivity (Wildman–Crippen MR) is 86.8 cm³/mol. The molecule has 0 aliphatic carbocycles. The molecular formula is C14H16Cl2N4O. The van der Waals surface area contributed by atoms with Gasteiger partial charge in [-0.15, -0.1) is 0 Å². The molecule has 1 heterocycles. The first-order chi connectivity index (χ1) is 10.2. The fourth-order valence-electron chi connectivity index (χ4n) is 1.66. The van der Waals surface area contributed by atoms with E-state index in [0.29, 0.717) is 28.4 Å². The molecule has 112 valence electrons. The summed E-state index contributed by atoms with van der Waals surface area (Å²) < 4.78 is 4.99. The molecule has 0 saturated heterocycles. The van der Waals surface area contributed by atoms with Crippen LogP contribution in [-0.2, 0) is 4.74 Å². The Balaban J connectivity index is 2.00. The van der Waals surface area contributed by atoms with Gasteiger partial charge in [0.15, 0.2) is 0 Å². The van der Waals surface area contributed by atoms with Gasteiger partial charge in [0.05, 0.1) is 10.7 Å². The third kappa shape index (κ3) is 5.04. The maximum absolute atomic E-state index is 6.12. The van der Waals surface area contributed by atoms with Gasteiger partial charge in [-0.3, -0.25) is 0 Å². The molecule has 0 aliphatic rings. The van der Waals surface area contributed by atoms with Crippen molar-refractivity contribution in [3.05, 3.63) is 40.5 Å². The summed E-state index contributed by atoms with van der Waals surface area (Å²) in [6, 6.07) is 7.02. The summed E-state index contributed by atoms with van der Waals surface area (Å²) in [7, 11) is 1.68. The summed E-state index contributed by atoms with van der Waals surface area (Å²) in [5.41, 5.74) is 0.741. The zero-order valence-corrected chi connectivity index (χ0v) is 13.1. The van der Waals surface area contributed by atoms with Gasteiger partial charge in [0.25, 0.3) is 0 Å². The fourth-order valence-corrected chi connectivity index (χ4v) is 2.11. The lowest BCUT2D eigenvalue weighted by Gasteiger charge is -2.09. The molecule has 1 aromatic carbocycles. The monoisotopic (exact) mass is 326 g/mol. The smallest absolute Gasteiger partial charge is 0.224 e. The highest BCUT2D eigenvalue weighted by atomic mass is 35.5. The van der Waals surface area contributed by atoms with Gasteiger partial charge in [0, 0.05) is 31.5 Å². The summed E-state index contributed by atoms with van der Waals surface area (Å²) in [5, 5.41) is 7.40. The highest BCUT2D eigenvalue weighted by Gasteiger charge is 2.04. The molecule has 2 N–H and O–H groups in total. The summed E-state index contributed by atoms with van der Waals surface area (Å²) in [5.74, 6) is 1.21. The minimum Gasteiger partial charge on any atom is -0.385 e. The Morgan fingerprint density at radius 1 is 1.24 bits per heavy atom. The molecule has 0 bridgehead atoms. The van der Waals surface area contributed by atoms with Gasteiger partial charge in [-0.2, -0.15) is 4.98 Å². The van der Waals surface area contributed by atoms with Crippen LogP contribution in [0.1, 0.15) is 6.42 Å². The number of benzene rings is 1. The number of nitrogens with zero attached hydrogens (tertiary/aromatic N) is 2. The van der Waals surface area contributed by atoms with Crippen LogP contribution in [0.15, 0.2) is 30.5 Å². The van der Waals surface area contributed by atoms with Crippen LogP contribution in [0.5, 0.6) is 0 Å². The summed E-state index contributed by atoms with van der Waals surface area (Å²) >= 11 is 12.0. The van der Waals surface area contributed by atoms with E-state index in [4.69, 9.17) is 27.9 Å². The molecule has 7 heteroatoms. The third-order valence-corrected chi connectivity index (χ3v) is 3.21. The molecule has 0 amide bonds. The van der Waals surface area contributed by atoms with Crippen LogP contribution in [0.2, 0.25) is 10.0 Å². The minimum atomic E-state index is 0.538. The van der Waals surface area contributed by atoms with E-state index in [0.717, 1.165) is 18.7 Å². The van der Waals surface area contributed by atoms with Gasteiger partial charge in [0.1, 0.15) is 5.82 Å². The molecule has 5 nitrogen and oxygen atoms in total. The van der Waals surface area contributed by atoms with Crippen molar-refractivity contribution in [2.45, 2.75) is 6.42 Å². The average Bonchev–Trinajstić information content (AvgIpc) is 2.47. The fraction of sp³-hybridized carbons (Fsp3) is 0.286. The second kappa shape index (κ2) is 8.02. The first-order valence-corrected chi connectivity index (χ1v) is 7.22. The third-order valence-electron chi connectivity index (χ3n) is 2.66. The lowest BCUT2D eigenvalue weighted by molar-refractivity contribution is 0.197. The molecule has 0 aliphatic heterocycles. The average molecular weight is 327 g/mol. The highest BCUT2D eigenvalue weighted by Crippen LogP contribution is 2.27. The molecular weight excluding hydrogens is 311 g/mol. The first kappa shape index (κ1) is 15.8. The highest BCUT2D eigenvalue weighted by molar-refractivity contribution is 6.36. The molecule has 2 aromatic rings. The van der Waals surface area contributed by atoms with Crippen molar-refractivity contribution in [1.82, 2.24) is 9.97 Å². The Hall–Kier alpha value is -1.56. The minimum absolute atomic E-state index is 0.538. The van der Waals surface area contributed by atoms with Crippen molar-refractivity contribution in [2.75, 3.05) is 30.9 Å². The lowest BCUT2D eigenvalue weighted by atomic mass is 10.3. The van der Waals surface area contributed by atoms with E-state index in [9.17, 15) is 0 Å². The van der Waals surface area contributed by atoms with E-state index in [-0.39, 0.29) is 0 Å². The second-order valence-corrected chi connectivity index (χ2v) is 5.13.